The van der Waals surface area contributed by atoms with Gasteiger partial charge in [-0.2, -0.15) is 0 Å². The molecular weight excluding hydrogens is 721 g/mol. The fraction of sp³-hybridized carbons (Fsp3) is 0.673. The van der Waals surface area contributed by atoms with Crippen molar-refractivity contribution in [1.82, 2.24) is 0 Å². The van der Waals surface area contributed by atoms with Gasteiger partial charge in [-0.05, 0) is 77.0 Å². The van der Waals surface area contributed by atoms with E-state index in [0.717, 1.165) is 96.3 Å². The molecule has 0 rings (SSSR count). The van der Waals surface area contributed by atoms with E-state index in [1.165, 1.54) is 64.2 Å². The molecule has 0 aliphatic heterocycles. The third kappa shape index (κ3) is 43.7. The van der Waals surface area contributed by atoms with Crippen molar-refractivity contribution in [3.05, 3.63) is 85.1 Å². The smallest absolute Gasteiger partial charge is 0.306 e. The van der Waals surface area contributed by atoms with Gasteiger partial charge >= 0.3 is 17.9 Å². The molecule has 58 heavy (non-hydrogen) atoms. The van der Waals surface area contributed by atoms with Crippen LogP contribution in [0.15, 0.2) is 85.1 Å². The van der Waals surface area contributed by atoms with E-state index in [-0.39, 0.29) is 37.5 Å². The standard InChI is InChI=1S/C52H86O6/c1-4-7-10-13-16-19-22-23-24-25-26-27-28-29-31-33-36-39-42-45-51(54)57-48-49(47-56-50(53)44-41-38-35-32-21-18-15-12-9-6-3)58-52(55)46-43-40-37-34-30-20-17-14-11-8-5-2/h7,10,12,15-16,19,23-24,26-27,29,31,36,39,49H,4-6,8-9,11,13-14,17-18,20-22,25,28,30,32-35,37-38,40-48H2,1-3H3/b10-7-,15-12-,19-16-,24-23-,27-26-,31-29-,39-36-. The minimum Gasteiger partial charge on any atom is -0.462 e. The Morgan fingerprint density at radius 1 is 0.362 bits per heavy atom. The Kier molecular flexibility index (Phi) is 43.6. The van der Waals surface area contributed by atoms with Crippen LogP contribution >= 0.6 is 0 Å². The molecule has 0 fully saturated rings. The van der Waals surface area contributed by atoms with Crippen molar-refractivity contribution in [2.24, 2.45) is 0 Å². The molecular formula is C52H86O6. The summed E-state index contributed by atoms with van der Waals surface area (Å²) in [6.45, 7) is 6.36. The first-order valence-electron chi connectivity index (χ1n) is 23.6. The molecule has 6 nitrogen and oxygen atoms in total. The highest BCUT2D eigenvalue weighted by atomic mass is 16.6. The molecule has 0 bridgehead atoms. The lowest BCUT2D eigenvalue weighted by Crippen LogP contribution is -2.30. The van der Waals surface area contributed by atoms with Crippen LogP contribution in [0.2, 0.25) is 0 Å². The Morgan fingerprint density at radius 3 is 1.22 bits per heavy atom. The Labute approximate surface area is 356 Å². The average Bonchev–Trinajstić information content (AvgIpc) is 3.22. The normalized spacial score (nSPS) is 12.8. The molecule has 6 heteroatoms. The van der Waals surface area contributed by atoms with Crippen molar-refractivity contribution in [2.45, 2.75) is 213 Å². The molecule has 0 amide bonds. The van der Waals surface area contributed by atoms with E-state index in [0.29, 0.717) is 19.3 Å². The van der Waals surface area contributed by atoms with Gasteiger partial charge in [0.25, 0.3) is 0 Å². The highest BCUT2D eigenvalue weighted by Crippen LogP contribution is 2.13. The number of hydrogen-bond acceptors (Lipinski definition) is 6. The minimum atomic E-state index is -0.806. The van der Waals surface area contributed by atoms with Crippen molar-refractivity contribution < 1.29 is 28.6 Å². The summed E-state index contributed by atoms with van der Waals surface area (Å²) >= 11 is 0. The molecule has 0 radical (unpaired) electrons. The first kappa shape index (κ1) is 54.6. The predicted molar refractivity (Wildman–Crippen MR) is 247 cm³/mol. The van der Waals surface area contributed by atoms with Gasteiger partial charge in [0.15, 0.2) is 6.10 Å². The topological polar surface area (TPSA) is 78.9 Å². The van der Waals surface area contributed by atoms with Gasteiger partial charge in [0.1, 0.15) is 13.2 Å². The van der Waals surface area contributed by atoms with Gasteiger partial charge in [-0.1, -0.05) is 196 Å². The summed E-state index contributed by atoms with van der Waals surface area (Å²) in [7, 11) is 0. The Morgan fingerprint density at radius 2 is 0.741 bits per heavy atom. The Hall–Kier alpha value is -3.41. The van der Waals surface area contributed by atoms with Crippen molar-refractivity contribution >= 4 is 17.9 Å². The molecule has 0 aromatic carbocycles. The second-order valence-electron chi connectivity index (χ2n) is 15.3. The number of hydrogen-bond donors (Lipinski definition) is 0. The van der Waals surface area contributed by atoms with E-state index in [1.807, 2.05) is 12.2 Å². The summed E-state index contributed by atoms with van der Waals surface area (Å²) in [4.78, 5) is 37.7. The summed E-state index contributed by atoms with van der Waals surface area (Å²) in [5.74, 6) is -1.01. The van der Waals surface area contributed by atoms with E-state index < -0.39 is 6.10 Å². The van der Waals surface area contributed by atoms with Gasteiger partial charge in [-0.15, -0.1) is 0 Å². The molecule has 1 unspecified atom stereocenters. The van der Waals surface area contributed by atoms with Gasteiger partial charge in [0.2, 0.25) is 0 Å². The third-order valence-corrected chi connectivity index (χ3v) is 9.63. The van der Waals surface area contributed by atoms with Gasteiger partial charge < -0.3 is 14.2 Å². The van der Waals surface area contributed by atoms with Gasteiger partial charge in [0, 0.05) is 19.3 Å². The highest BCUT2D eigenvalue weighted by Gasteiger charge is 2.19. The van der Waals surface area contributed by atoms with Crippen LogP contribution in [0.3, 0.4) is 0 Å². The second kappa shape index (κ2) is 46.3. The maximum Gasteiger partial charge on any atom is 0.306 e. The molecule has 330 valence electrons. The molecule has 0 aromatic rings. The van der Waals surface area contributed by atoms with Crippen LogP contribution in [-0.4, -0.2) is 37.2 Å². The number of ether oxygens (including phenoxy) is 3. The summed E-state index contributed by atoms with van der Waals surface area (Å²) in [6.07, 6.45) is 58.7. The zero-order valence-corrected chi connectivity index (χ0v) is 37.5. The third-order valence-electron chi connectivity index (χ3n) is 9.63. The lowest BCUT2D eigenvalue weighted by atomic mass is 10.1. The zero-order chi connectivity index (χ0) is 42.3. The number of esters is 3. The maximum absolute atomic E-state index is 12.7. The minimum absolute atomic E-state index is 0.104. The van der Waals surface area contributed by atoms with Gasteiger partial charge in [-0.3, -0.25) is 14.4 Å². The molecule has 0 spiro atoms. The Balaban J connectivity index is 4.47. The average molecular weight is 807 g/mol. The predicted octanol–water partition coefficient (Wildman–Crippen LogP) is 15.3. The SMILES string of the molecule is CC/C=C\C/C=C\C/C=C\C/C=C\C/C=C\C/C=C\CCC(=O)OCC(COC(=O)CCCCCCC/C=C\CCC)OC(=O)CCCCCCCCCCCCC. The number of rotatable bonds is 41. The van der Waals surface area contributed by atoms with Crippen LogP contribution in [0.25, 0.3) is 0 Å². The molecule has 0 saturated carbocycles. The van der Waals surface area contributed by atoms with E-state index in [1.54, 1.807) is 0 Å². The summed E-state index contributed by atoms with van der Waals surface area (Å²) in [5.41, 5.74) is 0. The molecule has 0 aliphatic carbocycles. The van der Waals surface area contributed by atoms with Crippen LogP contribution < -0.4 is 0 Å². The lowest BCUT2D eigenvalue weighted by molar-refractivity contribution is -0.166. The summed E-state index contributed by atoms with van der Waals surface area (Å²) in [5, 5.41) is 0. The molecule has 0 aliphatic rings. The number of carbonyl (C=O) groups is 3. The number of carbonyl (C=O) groups excluding carboxylic acids is 3. The quantitative estimate of drug-likeness (QED) is 0.0265. The van der Waals surface area contributed by atoms with Crippen LogP contribution in [0.4, 0.5) is 0 Å². The van der Waals surface area contributed by atoms with Crippen LogP contribution in [0.1, 0.15) is 207 Å². The fourth-order valence-corrected chi connectivity index (χ4v) is 6.12. The first-order chi connectivity index (χ1) is 28.5. The van der Waals surface area contributed by atoms with Crippen LogP contribution in [0.5, 0.6) is 0 Å². The van der Waals surface area contributed by atoms with Crippen molar-refractivity contribution in [3.8, 4) is 0 Å². The van der Waals surface area contributed by atoms with Crippen molar-refractivity contribution in [2.75, 3.05) is 13.2 Å². The number of unbranched alkanes of at least 4 members (excludes halogenated alkanes) is 16. The largest absolute Gasteiger partial charge is 0.462 e. The molecule has 1 atom stereocenters. The van der Waals surface area contributed by atoms with E-state index in [2.05, 4.69) is 93.7 Å². The van der Waals surface area contributed by atoms with Gasteiger partial charge in [0.05, 0.1) is 0 Å². The maximum atomic E-state index is 12.7. The van der Waals surface area contributed by atoms with E-state index in [9.17, 15) is 14.4 Å². The van der Waals surface area contributed by atoms with E-state index in [4.69, 9.17) is 14.2 Å². The number of allylic oxidation sites excluding steroid dienone is 14. The molecule has 0 aromatic heterocycles. The van der Waals surface area contributed by atoms with Crippen molar-refractivity contribution in [1.29, 1.82) is 0 Å². The lowest BCUT2D eigenvalue weighted by Gasteiger charge is -2.18. The Bertz CT molecular complexity index is 1160. The van der Waals surface area contributed by atoms with Crippen LogP contribution in [0, 0.1) is 0 Å². The second-order valence-corrected chi connectivity index (χ2v) is 15.3. The summed E-state index contributed by atoms with van der Waals surface area (Å²) in [6, 6.07) is 0. The first-order valence-corrected chi connectivity index (χ1v) is 23.6. The molecule has 0 heterocycles. The molecule has 0 saturated heterocycles. The zero-order valence-electron chi connectivity index (χ0n) is 37.5. The van der Waals surface area contributed by atoms with Crippen LogP contribution in [-0.2, 0) is 28.6 Å². The van der Waals surface area contributed by atoms with E-state index >= 15 is 0 Å². The molecule has 0 N–H and O–H groups in total. The summed E-state index contributed by atoms with van der Waals surface area (Å²) < 4.78 is 16.6. The fourth-order valence-electron chi connectivity index (χ4n) is 6.12. The highest BCUT2D eigenvalue weighted by molar-refractivity contribution is 5.71. The van der Waals surface area contributed by atoms with Gasteiger partial charge in [-0.25, -0.2) is 0 Å². The van der Waals surface area contributed by atoms with Crippen molar-refractivity contribution in [3.63, 3.8) is 0 Å². The monoisotopic (exact) mass is 807 g/mol.